The highest BCUT2D eigenvalue weighted by atomic mass is 16.3. The van der Waals surface area contributed by atoms with Gasteiger partial charge in [0.25, 0.3) is 5.91 Å². The Morgan fingerprint density at radius 1 is 1.47 bits per heavy atom. The van der Waals surface area contributed by atoms with Gasteiger partial charge in [0.2, 0.25) is 0 Å². The van der Waals surface area contributed by atoms with Crippen molar-refractivity contribution in [3.8, 4) is 0 Å². The Balaban J connectivity index is 2.13. The topological polar surface area (TPSA) is 65.1 Å². The zero-order chi connectivity index (χ0) is 12.5. The van der Waals surface area contributed by atoms with Crippen LogP contribution in [0, 0.1) is 13.8 Å². The Morgan fingerprint density at radius 2 is 2.12 bits per heavy atom. The number of aromatic nitrogens is 1. The number of hydrogen-bond donors (Lipinski definition) is 3. The summed E-state index contributed by atoms with van der Waals surface area (Å²) in [5.74, 6) is -0.105. The third-order valence-electron chi connectivity index (χ3n) is 3.62. The van der Waals surface area contributed by atoms with Crippen LogP contribution in [0.4, 0.5) is 0 Å². The number of aromatic amines is 1. The summed E-state index contributed by atoms with van der Waals surface area (Å²) in [7, 11) is 0. The van der Waals surface area contributed by atoms with E-state index in [4.69, 9.17) is 0 Å². The SMILES string of the molecule is Cc1cc(C)c(C(=O)NC2(CO)CCCC2)[nH]1. The van der Waals surface area contributed by atoms with Crippen LogP contribution in [0.1, 0.15) is 47.4 Å². The first-order chi connectivity index (χ1) is 8.06. The molecule has 0 atom stereocenters. The van der Waals surface area contributed by atoms with Crippen LogP contribution in [0.2, 0.25) is 0 Å². The molecule has 0 aromatic carbocycles. The van der Waals surface area contributed by atoms with Crippen LogP contribution in [-0.2, 0) is 0 Å². The molecule has 0 aliphatic heterocycles. The van der Waals surface area contributed by atoms with E-state index in [1.165, 1.54) is 0 Å². The third-order valence-corrected chi connectivity index (χ3v) is 3.62. The number of aliphatic hydroxyl groups excluding tert-OH is 1. The zero-order valence-corrected chi connectivity index (χ0v) is 10.5. The van der Waals surface area contributed by atoms with Gasteiger partial charge in [0.1, 0.15) is 5.69 Å². The second-order valence-corrected chi connectivity index (χ2v) is 5.11. The Morgan fingerprint density at radius 3 is 2.59 bits per heavy atom. The van der Waals surface area contributed by atoms with Crippen LogP contribution in [-0.4, -0.2) is 28.1 Å². The van der Waals surface area contributed by atoms with Gasteiger partial charge in [-0.05, 0) is 38.3 Å². The number of aliphatic hydroxyl groups is 1. The molecule has 0 spiro atoms. The first kappa shape index (κ1) is 12.2. The second-order valence-electron chi connectivity index (χ2n) is 5.11. The molecule has 1 fully saturated rings. The molecule has 4 heteroatoms. The van der Waals surface area contributed by atoms with E-state index in [9.17, 15) is 9.90 Å². The van der Waals surface area contributed by atoms with E-state index in [0.29, 0.717) is 5.69 Å². The molecule has 0 saturated heterocycles. The molecule has 0 unspecified atom stereocenters. The third kappa shape index (κ3) is 2.36. The Labute approximate surface area is 101 Å². The van der Waals surface area contributed by atoms with E-state index < -0.39 is 5.54 Å². The van der Waals surface area contributed by atoms with Crippen molar-refractivity contribution in [2.45, 2.75) is 45.1 Å². The summed E-state index contributed by atoms with van der Waals surface area (Å²) in [6.07, 6.45) is 3.88. The lowest BCUT2D eigenvalue weighted by molar-refractivity contribution is 0.0833. The first-order valence-corrected chi connectivity index (χ1v) is 6.16. The molecule has 1 aliphatic carbocycles. The number of carbonyl (C=O) groups excluding carboxylic acids is 1. The molecule has 0 bridgehead atoms. The van der Waals surface area contributed by atoms with E-state index in [1.807, 2.05) is 19.9 Å². The minimum atomic E-state index is -0.400. The summed E-state index contributed by atoms with van der Waals surface area (Å²) in [5.41, 5.74) is 2.15. The monoisotopic (exact) mass is 236 g/mol. The van der Waals surface area contributed by atoms with Crippen molar-refractivity contribution in [1.29, 1.82) is 0 Å². The number of hydrogen-bond acceptors (Lipinski definition) is 2. The summed E-state index contributed by atoms with van der Waals surface area (Å²) < 4.78 is 0. The predicted molar refractivity (Wildman–Crippen MR) is 66.0 cm³/mol. The Bertz CT molecular complexity index is 417. The van der Waals surface area contributed by atoms with Gasteiger partial charge in [0.05, 0.1) is 12.1 Å². The second kappa shape index (κ2) is 4.53. The fourth-order valence-corrected chi connectivity index (χ4v) is 2.64. The average molecular weight is 236 g/mol. The van der Waals surface area contributed by atoms with E-state index in [0.717, 1.165) is 36.9 Å². The summed E-state index contributed by atoms with van der Waals surface area (Å²) >= 11 is 0. The summed E-state index contributed by atoms with van der Waals surface area (Å²) in [5, 5.41) is 12.5. The van der Waals surface area contributed by atoms with Crippen LogP contribution in [0.25, 0.3) is 0 Å². The van der Waals surface area contributed by atoms with Crippen molar-refractivity contribution in [3.63, 3.8) is 0 Å². The van der Waals surface area contributed by atoms with Gasteiger partial charge in [-0.1, -0.05) is 12.8 Å². The van der Waals surface area contributed by atoms with Crippen molar-refractivity contribution in [3.05, 3.63) is 23.0 Å². The molecule has 1 amide bonds. The maximum Gasteiger partial charge on any atom is 0.268 e. The molecule has 1 heterocycles. The lowest BCUT2D eigenvalue weighted by Gasteiger charge is -2.27. The largest absolute Gasteiger partial charge is 0.394 e. The fourth-order valence-electron chi connectivity index (χ4n) is 2.64. The van der Waals surface area contributed by atoms with Crippen molar-refractivity contribution in [2.75, 3.05) is 6.61 Å². The lowest BCUT2D eigenvalue weighted by atomic mass is 9.98. The summed E-state index contributed by atoms with van der Waals surface area (Å²) in [6, 6.07) is 1.95. The molecular formula is C13H20N2O2. The van der Waals surface area contributed by atoms with E-state index >= 15 is 0 Å². The van der Waals surface area contributed by atoms with Gasteiger partial charge in [-0.25, -0.2) is 0 Å². The van der Waals surface area contributed by atoms with Crippen LogP contribution >= 0.6 is 0 Å². The minimum Gasteiger partial charge on any atom is -0.394 e. The molecule has 2 rings (SSSR count). The van der Waals surface area contributed by atoms with Crippen LogP contribution in [0.5, 0.6) is 0 Å². The maximum absolute atomic E-state index is 12.1. The average Bonchev–Trinajstić information content (AvgIpc) is 2.86. The van der Waals surface area contributed by atoms with Gasteiger partial charge in [-0.15, -0.1) is 0 Å². The molecular weight excluding hydrogens is 216 g/mol. The van der Waals surface area contributed by atoms with Crippen molar-refractivity contribution in [1.82, 2.24) is 10.3 Å². The van der Waals surface area contributed by atoms with Gasteiger partial charge in [-0.3, -0.25) is 4.79 Å². The predicted octanol–water partition coefficient (Wildman–Crippen LogP) is 1.67. The number of carbonyl (C=O) groups is 1. The molecule has 17 heavy (non-hydrogen) atoms. The number of rotatable bonds is 3. The zero-order valence-electron chi connectivity index (χ0n) is 10.5. The quantitative estimate of drug-likeness (QED) is 0.747. The normalized spacial score (nSPS) is 18.3. The Hall–Kier alpha value is -1.29. The standard InChI is InChI=1S/C13H20N2O2/c1-9-7-10(2)14-11(9)12(17)15-13(8-16)5-3-4-6-13/h7,14,16H,3-6,8H2,1-2H3,(H,15,17). The molecule has 3 N–H and O–H groups in total. The fraction of sp³-hybridized carbons (Fsp3) is 0.615. The lowest BCUT2D eigenvalue weighted by Crippen LogP contribution is -2.49. The highest BCUT2D eigenvalue weighted by Gasteiger charge is 2.35. The van der Waals surface area contributed by atoms with Crippen molar-refractivity contribution < 1.29 is 9.90 Å². The van der Waals surface area contributed by atoms with Crippen molar-refractivity contribution in [2.24, 2.45) is 0 Å². The van der Waals surface area contributed by atoms with Gasteiger partial charge < -0.3 is 15.4 Å². The van der Waals surface area contributed by atoms with Crippen LogP contribution < -0.4 is 5.32 Å². The summed E-state index contributed by atoms with van der Waals surface area (Å²) in [6.45, 7) is 3.87. The first-order valence-electron chi connectivity index (χ1n) is 6.16. The van der Waals surface area contributed by atoms with E-state index in [1.54, 1.807) is 0 Å². The minimum absolute atomic E-state index is 0.0253. The molecule has 1 aromatic heterocycles. The van der Waals surface area contributed by atoms with Gasteiger partial charge in [0, 0.05) is 5.69 Å². The Kier molecular flexibility index (Phi) is 3.24. The molecule has 1 aliphatic rings. The van der Waals surface area contributed by atoms with Gasteiger partial charge in [0.15, 0.2) is 0 Å². The van der Waals surface area contributed by atoms with Crippen LogP contribution in [0.15, 0.2) is 6.07 Å². The number of aryl methyl sites for hydroxylation is 2. The van der Waals surface area contributed by atoms with Gasteiger partial charge >= 0.3 is 0 Å². The van der Waals surface area contributed by atoms with Gasteiger partial charge in [-0.2, -0.15) is 0 Å². The highest BCUT2D eigenvalue weighted by Crippen LogP contribution is 2.29. The van der Waals surface area contributed by atoms with Crippen molar-refractivity contribution >= 4 is 5.91 Å². The van der Waals surface area contributed by atoms with E-state index in [-0.39, 0.29) is 12.5 Å². The number of nitrogens with one attached hydrogen (secondary N) is 2. The molecule has 1 aromatic rings. The molecule has 4 nitrogen and oxygen atoms in total. The molecule has 0 radical (unpaired) electrons. The summed E-state index contributed by atoms with van der Waals surface area (Å²) in [4.78, 5) is 15.2. The maximum atomic E-state index is 12.1. The smallest absolute Gasteiger partial charge is 0.268 e. The number of H-pyrrole nitrogens is 1. The highest BCUT2D eigenvalue weighted by molar-refractivity contribution is 5.94. The molecule has 94 valence electrons. The van der Waals surface area contributed by atoms with Crippen LogP contribution in [0.3, 0.4) is 0 Å². The number of amides is 1. The van der Waals surface area contributed by atoms with E-state index in [2.05, 4.69) is 10.3 Å². The molecule has 1 saturated carbocycles.